The molecule has 5 aliphatic heterocycles. The summed E-state index contributed by atoms with van der Waals surface area (Å²) in [6.07, 6.45) is 6.41. The predicted octanol–water partition coefficient (Wildman–Crippen LogP) is 2.25. The maximum absolute atomic E-state index is 15.2. The van der Waals surface area contributed by atoms with E-state index in [9.17, 15) is 29.7 Å². The van der Waals surface area contributed by atoms with E-state index in [4.69, 9.17) is 38.5 Å². The number of H-pyrrole nitrogens is 2. The lowest BCUT2D eigenvalue weighted by atomic mass is 9.47. The van der Waals surface area contributed by atoms with E-state index in [0.29, 0.717) is 76.1 Å². The van der Waals surface area contributed by atoms with Crippen LogP contribution in [0.25, 0.3) is 10.9 Å². The molecular weight excluding hydrogens is 1050 g/mol. The number of nitrogens with two attached hydrogens (primary N) is 3. The maximum Gasteiger partial charge on any atom is 0.404 e. The second kappa shape index (κ2) is 22.8. The number of benzene rings is 2. The zero-order valence-electron chi connectivity index (χ0n) is 45.7. The molecule has 26 nitrogen and oxygen atoms in total. The normalized spacial score (nSPS) is 30.2. The van der Waals surface area contributed by atoms with Gasteiger partial charge in [0.05, 0.1) is 38.8 Å². The Balaban J connectivity index is 0.000000313. The Morgan fingerprint density at radius 2 is 1.67 bits per heavy atom. The summed E-state index contributed by atoms with van der Waals surface area (Å²) >= 11 is 0. The number of likely N-dealkylation sites (N-methyl/N-ethyl adjacent to an activating group) is 1. The first-order chi connectivity index (χ1) is 37.2. The number of hydrogen-bond donors (Lipinski definition) is 10. The average molecular weight is 1120 g/mol. The third-order valence-electron chi connectivity index (χ3n) is 16.7. The van der Waals surface area contributed by atoms with Crippen LogP contribution in [0.1, 0.15) is 85.7 Å². The van der Waals surface area contributed by atoms with Gasteiger partial charge in [0.1, 0.15) is 17.3 Å². The van der Waals surface area contributed by atoms with Crippen LogP contribution in [-0.4, -0.2) is 191 Å². The SMILES string of the molecule is CCOC(N)=O.CC[C@]1(O)C[C@H]2CN(CCc3c([nH]c4ccccc34)[C@@](C(=O)OC)(c3cc4c(cc3OC)N(C)[C@H]3[C@@](O)(C(N)=O)[C@H](O)[C@]5(CC)C=CCN6CC[C@]43[C@@H]65)C2)C1.CN(C)N=Nc1nc[nH]c1C(N)=O.O=S(=O)(O)O. The minimum Gasteiger partial charge on any atom is -0.496 e. The molecular formula is C52H74N12O14S. The standard InChI is InChI=1S/C43H55N5O7.C6H10N6O.C3H7NO2.H2O4S/c1-6-39(52)21-25-22-42(38(51)55-5,33-27(13-17-47(23-25)24-39)26-11-8-9-12-30(26)45-33)29-19-28-31(20-32(29)54-4)46(3)35-41(28)15-18-48-16-10-14-40(7-2,34(41)48)36(49)43(35,53)37(44)50;1-12(2)11-10-6-4(5(7)13)8-3-9-6;1-2-6-3(4)5;1-5(2,3)4/h8-12,14,19-20,25,34-36,45,49,52-53H,6-7,13,15-18,21-24H2,1-5H3,(H2,44,50);3H,1-2H3,(H2,7,13)(H,8,9);2H2,1H3,(H2,4,5);(H2,1,2,3,4)/t25-,34+,35-,36-,39+,40-,41-,42+,43+;;;/m1.../s1. The van der Waals surface area contributed by atoms with E-state index in [1.807, 2.05) is 62.2 Å². The van der Waals surface area contributed by atoms with Crippen molar-refractivity contribution in [3.8, 4) is 5.75 Å². The van der Waals surface area contributed by atoms with Gasteiger partial charge in [-0.25, -0.2) is 9.78 Å². The summed E-state index contributed by atoms with van der Waals surface area (Å²) in [6.45, 7) is 9.45. The number of amides is 3. The van der Waals surface area contributed by atoms with Gasteiger partial charge >= 0.3 is 22.5 Å². The van der Waals surface area contributed by atoms with Crippen LogP contribution in [0.4, 0.5) is 16.3 Å². The van der Waals surface area contributed by atoms with Crippen LogP contribution >= 0.6 is 0 Å². The number of aliphatic hydroxyl groups is 3. The lowest BCUT2D eigenvalue weighted by Gasteiger charge is -2.63. The Kier molecular flexibility index (Phi) is 17.3. The summed E-state index contributed by atoms with van der Waals surface area (Å²) in [7, 11) is 3.64. The molecule has 3 amide bonds. The van der Waals surface area contributed by atoms with E-state index in [2.05, 4.69) is 57.7 Å². The summed E-state index contributed by atoms with van der Waals surface area (Å²) in [5.74, 6) is -1.41. The van der Waals surface area contributed by atoms with Crippen molar-refractivity contribution in [2.75, 3.05) is 79.6 Å². The van der Waals surface area contributed by atoms with E-state index in [0.717, 1.165) is 46.5 Å². The molecule has 0 radical (unpaired) electrons. The number of nitrogens with zero attached hydrogens (tertiary/aromatic N) is 7. The number of carbonyl (C=O) groups excluding carboxylic acids is 4. The molecule has 79 heavy (non-hydrogen) atoms. The highest BCUT2D eigenvalue weighted by Crippen LogP contribution is 2.67. The number of methoxy groups -OCH3 is 2. The summed E-state index contributed by atoms with van der Waals surface area (Å²) in [5.41, 5.74) is 14.5. The number of ether oxygens (including phenoxy) is 3. The van der Waals surface area contributed by atoms with Crippen molar-refractivity contribution in [3.63, 3.8) is 0 Å². The van der Waals surface area contributed by atoms with Gasteiger partial charge in [-0.05, 0) is 81.2 Å². The van der Waals surface area contributed by atoms with E-state index < -0.39 is 73.9 Å². The van der Waals surface area contributed by atoms with Crippen molar-refractivity contribution < 1.29 is 66.2 Å². The number of para-hydroxylation sites is 1. The molecule has 10 atom stereocenters. The fourth-order valence-electron chi connectivity index (χ4n) is 13.9. The van der Waals surface area contributed by atoms with Crippen molar-refractivity contribution >= 4 is 56.7 Å². The molecule has 3 fully saturated rings. The summed E-state index contributed by atoms with van der Waals surface area (Å²) in [6, 6.07) is 11.0. The molecule has 1 unspecified atom stereocenters. The zero-order chi connectivity index (χ0) is 58.2. The smallest absolute Gasteiger partial charge is 0.404 e. The Labute approximate surface area is 457 Å². The lowest BCUT2D eigenvalue weighted by Crippen LogP contribution is -2.81. The highest BCUT2D eigenvalue weighted by atomic mass is 32.3. The number of anilines is 1. The van der Waals surface area contributed by atoms with Crippen molar-refractivity contribution in [3.05, 3.63) is 83.0 Å². The number of aromatic nitrogens is 3. The van der Waals surface area contributed by atoms with Crippen LogP contribution in [0.2, 0.25) is 0 Å². The number of primary amides is 3. The monoisotopic (exact) mass is 1120 g/mol. The van der Waals surface area contributed by atoms with Crippen molar-refractivity contribution in [1.29, 1.82) is 0 Å². The molecule has 13 N–H and O–H groups in total. The van der Waals surface area contributed by atoms with Gasteiger partial charge in [0.25, 0.3) is 11.8 Å². The van der Waals surface area contributed by atoms with Gasteiger partial charge in [-0.15, -0.1) is 5.11 Å². The minimum absolute atomic E-state index is 0.0790. The van der Waals surface area contributed by atoms with Gasteiger partial charge in [-0.1, -0.05) is 49.4 Å². The minimum atomic E-state index is -4.67. The van der Waals surface area contributed by atoms with E-state index in [1.54, 1.807) is 28.1 Å². The number of imidazole rings is 1. The first-order valence-corrected chi connectivity index (χ1v) is 27.3. The number of esters is 1. The van der Waals surface area contributed by atoms with Gasteiger partial charge in [0.15, 0.2) is 11.3 Å². The molecule has 2 aromatic heterocycles. The van der Waals surface area contributed by atoms with E-state index in [1.165, 1.54) is 18.4 Å². The fourth-order valence-corrected chi connectivity index (χ4v) is 13.9. The highest BCUT2D eigenvalue weighted by Gasteiger charge is 2.78. The van der Waals surface area contributed by atoms with Crippen LogP contribution in [0, 0.1) is 11.3 Å². The summed E-state index contributed by atoms with van der Waals surface area (Å²) < 4.78 is 48.0. The van der Waals surface area contributed by atoms with Crippen molar-refractivity contribution in [2.45, 2.75) is 99.5 Å². The third kappa shape index (κ3) is 10.6. The van der Waals surface area contributed by atoms with Crippen LogP contribution in [0.5, 0.6) is 5.75 Å². The Morgan fingerprint density at radius 1 is 0.975 bits per heavy atom. The molecule has 7 heterocycles. The Bertz CT molecular complexity index is 3110. The van der Waals surface area contributed by atoms with Crippen LogP contribution in [-0.2, 0) is 46.7 Å². The Morgan fingerprint density at radius 3 is 2.25 bits per heavy atom. The second-order valence-electron chi connectivity index (χ2n) is 21.2. The number of aromatic amines is 2. The first kappa shape index (κ1) is 59.9. The summed E-state index contributed by atoms with van der Waals surface area (Å²) in [5, 5.41) is 46.8. The van der Waals surface area contributed by atoms with E-state index >= 15 is 4.79 Å². The molecule has 27 heteroatoms. The van der Waals surface area contributed by atoms with Gasteiger partial charge in [-0.3, -0.25) is 38.3 Å². The summed E-state index contributed by atoms with van der Waals surface area (Å²) in [4.78, 5) is 66.0. The number of piperidine rings is 1. The van der Waals surface area contributed by atoms with Gasteiger partial charge < -0.3 is 61.6 Å². The van der Waals surface area contributed by atoms with Gasteiger partial charge in [0, 0.05) is 98.1 Å². The number of rotatable bonds is 10. The predicted molar refractivity (Wildman–Crippen MR) is 289 cm³/mol. The largest absolute Gasteiger partial charge is 0.496 e. The number of hydrogen-bond acceptors (Lipinski definition) is 18. The maximum atomic E-state index is 15.2. The molecule has 1 aliphatic carbocycles. The van der Waals surface area contributed by atoms with Crippen LogP contribution in [0.3, 0.4) is 0 Å². The average Bonchev–Trinajstić information content (AvgIpc) is 2.04. The molecule has 2 saturated heterocycles. The van der Waals surface area contributed by atoms with Crippen LogP contribution < -0.4 is 26.8 Å². The fraction of sp³-hybridized carbons (Fsp3) is 0.558. The quantitative estimate of drug-likeness (QED) is 0.0358. The number of nitrogens with one attached hydrogen (secondary N) is 2. The Hall–Kier alpha value is -6.72. The second-order valence-corrected chi connectivity index (χ2v) is 22.1. The highest BCUT2D eigenvalue weighted by molar-refractivity contribution is 7.79. The molecule has 6 aliphatic rings. The van der Waals surface area contributed by atoms with Crippen molar-refractivity contribution in [1.82, 2.24) is 29.8 Å². The van der Waals surface area contributed by atoms with Crippen LogP contribution in [0.15, 0.2) is 65.2 Å². The molecule has 1 spiro atoms. The molecule has 1 saturated carbocycles. The number of aliphatic hydroxyl groups excluding tert-OH is 1. The van der Waals surface area contributed by atoms with Crippen molar-refractivity contribution in [2.24, 2.45) is 38.9 Å². The molecule has 2 bridgehead atoms. The molecule has 10 rings (SSSR count). The zero-order valence-corrected chi connectivity index (χ0v) is 46.5. The number of fused-ring (bicyclic) bond motifs is 6. The molecule has 2 aromatic carbocycles. The number of carbonyl (C=O) groups is 4. The van der Waals surface area contributed by atoms with Gasteiger partial charge in [-0.2, -0.15) is 8.42 Å². The third-order valence-corrected chi connectivity index (χ3v) is 16.7. The lowest BCUT2D eigenvalue weighted by molar-refractivity contribution is -0.201. The topological polar surface area (TPSA) is 391 Å². The molecule has 432 valence electrons. The first-order valence-electron chi connectivity index (χ1n) is 25.9. The molecule has 4 aromatic rings. The van der Waals surface area contributed by atoms with E-state index in [-0.39, 0.29) is 23.5 Å². The van der Waals surface area contributed by atoms with Gasteiger partial charge in [0.2, 0.25) is 5.82 Å².